The van der Waals surface area contributed by atoms with E-state index >= 15 is 0 Å². The van der Waals surface area contributed by atoms with Crippen molar-refractivity contribution in [2.24, 2.45) is 0 Å². The SMILES string of the molecule is CN(CCc1ccccc1)C1[CH]C=C1.[LiH]. The first-order valence-electron chi connectivity index (χ1n) is 5.12. The van der Waals surface area contributed by atoms with Gasteiger partial charge in [0.15, 0.2) is 0 Å². The van der Waals surface area contributed by atoms with E-state index in [9.17, 15) is 0 Å². The van der Waals surface area contributed by atoms with E-state index in [2.05, 4.69) is 60.9 Å². The number of likely N-dealkylation sites (N-methyl/N-ethyl adjacent to an activating group) is 1. The van der Waals surface area contributed by atoms with Gasteiger partial charge in [-0.3, -0.25) is 4.90 Å². The summed E-state index contributed by atoms with van der Waals surface area (Å²) in [4.78, 5) is 2.37. The summed E-state index contributed by atoms with van der Waals surface area (Å²) in [6.07, 6.45) is 7.70. The molecule has 1 aliphatic carbocycles. The second kappa shape index (κ2) is 6.18. The minimum atomic E-state index is 0. The molecule has 0 amide bonds. The van der Waals surface area contributed by atoms with Crippen molar-refractivity contribution in [1.29, 1.82) is 0 Å². The van der Waals surface area contributed by atoms with Gasteiger partial charge in [-0.15, -0.1) is 0 Å². The van der Waals surface area contributed by atoms with Gasteiger partial charge in [0.2, 0.25) is 0 Å². The van der Waals surface area contributed by atoms with E-state index < -0.39 is 0 Å². The van der Waals surface area contributed by atoms with Crippen molar-refractivity contribution in [3.63, 3.8) is 0 Å². The van der Waals surface area contributed by atoms with E-state index in [-0.39, 0.29) is 18.9 Å². The standard InChI is InChI=1S/C13H16N.Li.H/c1-14(13-8-5-9-13)11-10-12-6-3-2-4-7-12;;/h2-9,13H,10-11H2,1H3;;. The fourth-order valence-electron chi connectivity index (χ4n) is 1.60. The van der Waals surface area contributed by atoms with E-state index in [1.165, 1.54) is 5.56 Å². The van der Waals surface area contributed by atoms with Gasteiger partial charge in [0.05, 0.1) is 0 Å². The van der Waals surface area contributed by atoms with Crippen LogP contribution < -0.4 is 0 Å². The maximum absolute atomic E-state index is 2.37. The van der Waals surface area contributed by atoms with Crippen LogP contribution >= 0.6 is 0 Å². The van der Waals surface area contributed by atoms with Crippen LogP contribution in [0, 0.1) is 6.42 Å². The van der Waals surface area contributed by atoms with Crippen molar-refractivity contribution >= 4 is 18.9 Å². The molecule has 0 aliphatic heterocycles. The molecular weight excluding hydrogens is 177 g/mol. The van der Waals surface area contributed by atoms with Crippen LogP contribution in [-0.2, 0) is 6.42 Å². The Bertz CT molecular complexity index is 308. The second-order valence-corrected chi connectivity index (χ2v) is 3.78. The number of hydrogen-bond acceptors (Lipinski definition) is 1. The molecule has 0 saturated carbocycles. The third kappa shape index (κ3) is 3.54. The van der Waals surface area contributed by atoms with Crippen LogP contribution in [0.5, 0.6) is 0 Å². The molecule has 1 radical (unpaired) electrons. The molecule has 1 aromatic carbocycles. The first-order chi connectivity index (χ1) is 6.86. The van der Waals surface area contributed by atoms with Crippen molar-refractivity contribution in [3.8, 4) is 0 Å². The Balaban J connectivity index is 0.00000112. The average Bonchev–Trinajstić information content (AvgIpc) is 2.14. The summed E-state index contributed by atoms with van der Waals surface area (Å²) in [6, 6.07) is 11.2. The van der Waals surface area contributed by atoms with Crippen LogP contribution in [0.3, 0.4) is 0 Å². The van der Waals surface area contributed by atoms with Crippen LogP contribution in [-0.4, -0.2) is 43.4 Å². The monoisotopic (exact) mass is 194 g/mol. The van der Waals surface area contributed by atoms with Crippen molar-refractivity contribution in [2.45, 2.75) is 12.5 Å². The molecule has 1 aliphatic rings. The fraction of sp³-hybridized carbons (Fsp3) is 0.308. The van der Waals surface area contributed by atoms with Gasteiger partial charge in [-0.05, 0) is 19.0 Å². The van der Waals surface area contributed by atoms with Gasteiger partial charge in [0, 0.05) is 19.0 Å². The Morgan fingerprint density at radius 3 is 2.40 bits per heavy atom. The Morgan fingerprint density at radius 2 is 1.87 bits per heavy atom. The fourth-order valence-corrected chi connectivity index (χ4v) is 1.60. The van der Waals surface area contributed by atoms with Crippen molar-refractivity contribution in [3.05, 3.63) is 54.5 Å². The molecule has 0 bridgehead atoms. The van der Waals surface area contributed by atoms with Crippen molar-refractivity contribution < 1.29 is 0 Å². The number of benzene rings is 1. The molecule has 0 saturated heterocycles. The zero-order chi connectivity index (χ0) is 9.80. The molecular formula is C13H17LiN. The maximum atomic E-state index is 2.37. The predicted molar refractivity (Wildman–Crippen MR) is 67.2 cm³/mol. The van der Waals surface area contributed by atoms with Gasteiger partial charge in [-0.1, -0.05) is 42.5 Å². The minimum absolute atomic E-state index is 0. The molecule has 2 rings (SSSR count). The normalized spacial score (nSPS) is 18.4. The van der Waals surface area contributed by atoms with Crippen LogP contribution in [0.15, 0.2) is 42.5 Å². The Labute approximate surface area is 104 Å². The number of nitrogens with zero attached hydrogens (tertiary/aromatic N) is 1. The average molecular weight is 194 g/mol. The van der Waals surface area contributed by atoms with E-state index in [1.807, 2.05) is 0 Å². The third-order valence-corrected chi connectivity index (χ3v) is 2.72. The molecule has 1 aromatic rings. The zero-order valence-corrected chi connectivity index (χ0v) is 8.56. The van der Waals surface area contributed by atoms with Gasteiger partial charge in [-0.25, -0.2) is 0 Å². The van der Waals surface area contributed by atoms with Crippen molar-refractivity contribution in [1.82, 2.24) is 4.90 Å². The summed E-state index contributed by atoms with van der Waals surface area (Å²) in [6.45, 7) is 1.12. The number of rotatable bonds is 4. The molecule has 0 spiro atoms. The van der Waals surface area contributed by atoms with Gasteiger partial charge < -0.3 is 0 Å². The molecule has 1 nitrogen and oxygen atoms in total. The van der Waals surface area contributed by atoms with Crippen LogP contribution in [0.2, 0.25) is 0 Å². The van der Waals surface area contributed by atoms with E-state index in [4.69, 9.17) is 0 Å². The Morgan fingerprint density at radius 1 is 1.20 bits per heavy atom. The van der Waals surface area contributed by atoms with E-state index in [0.717, 1.165) is 13.0 Å². The van der Waals surface area contributed by atoms with Crippen molar-refractivity contribution in [2.75, 3.05) is 13.6 Å². The first kappa shape index (κ1) is 12.6. The van der Waals surface area contributed by atoms with Crippen LogP contribution in [0.1, 0.15) is 5.56 Å². The first-order valence-corrected chi connectivity index (χ1v) is 5.12. The molecule has 15 heavy (non-hydrogen) atoms. The van der Waals surface area contributed by atoms with Gasteiger partial charge in [-0.2, -0.15) is 0 Å². The summed E-state index contributed by atoms with van der Waals surface area (Å²) in [7, 11) is 2.17. The molecule has 2 heteroatoms. The van der Waals surface area contributed by atoms with E-state index in [1.54, 1.807) is 0 Å². The second-order valence-electron chi connectivity index (χ2n) is 3.78. The van der Waals surface area contributed by atoms with Crippen LogP contribution in [0.25, 0.3) is 0 Å². The Kier molecular flexibility index (Phi) is 5.18. The predicted octanol–water partition coefficient (Wildman–Crippen LogP) is 1.66. The third-order valence-electron chi connectivity index (χ3n) is 2.72. The van der Waals surface area contributed by atoms with Gasteiger partial charge in [0.1, 0.15) is 0 Å². The van der Waals surface area contributed by atoms with E-state index in [0.29, 0.717) is 6.04 Å². The zero-order valence-electron chi connectivity index (χ0n) is 8.56. The van der Waals surface area contributed by atoms with Gasteiger partial charge in [0.25, 0.3) is 0 Å². The molecule has 0 fully saturated rings. The summed E-state index contributed by atoms with van der Waals surface area (Å²) in [5.41, 5.74) is 1.42. The Hall–Kier alpha value is -0.483. The van der Waals surface area contributed by atoms with Gasteiger partial charge >= 0.3 is 18.9 Å². The summed E-state index contributed by atoms with van der Waals surface area (Å²) in [5.74, 6) is 0. The molecule has 1 atom stereocenters. The topological polar surface area (TPSA) is 3.24 Å². The molecule has 1 unspecified atom stereocenters. The number of hydrogen-bond donors (Lipinski definition) is 0. The molecule has 75 valence electrons. The summed E-state index contributed by atoms with van der Waals surface area (Å²) < 4.78 is 0. The molecule has 0 heterocycles. The van der Waals surface area contributed by atoms with Crippen LogP contribution in [0.4, 0.5) is 0 Å². The molecule has 0 N–H and O–H groups in total. The quantitative estimate of drug-likeness (QED) is 0.659. The molecule has 0 aromatic heterocycles. The summed E-state index contributed by atoms with van der Waals surface area (Å²) in [5, 5.41) is 0. The summed E-state index contributed by atoms with van der Waals surface area (Å²) >= 11 is 0.